The van der Waals surface area contributed by atoms with Crippen molar-refractivity contribution in [3.8, 4) is 0 Å². The zero-order valence-electron chi connectivity index (χ0n) is 6.54. The molecule has 0 radical (unpaired) electrons. The van der Waals surface area contributed by atoms with Gasteiger partial charge in [-0.1, -0.05) is 6.08 Å². The van der Waals surface area contributed by atoms with Crippen LogP contribution in [0.1, 0.15) is 13.3 Å². The summed E-state index contributed by atoms with van der Waals surface area (Å²) < 4.78 is 10.4. The summed E-state index contributed by atoms with van der Waals surface area (Å²) >= 11 is 0. The third-order valence-electron chi connectivity index (χ3n) is 1.46. The average Bonchev–Trinajstić information content (AvgIpc) is 2.33. The first-order valence-corrected chi connectivity index (χ1v) is 3.48. The average molecular weight is 156 g/mol. The Bertz CT molecular complexity index is 186. The summed E-state index contributed by atoms with van der Waals surface area (Å²) in [6, 6.07) is 0. The lowest BCUT2D eigenvalue weighted by molar-refractivity contribution is -0.132. The van der Waals surface area contributed by atoms with Gasteiger partial charge in [0.2, 0.25) is 0 Å². The molecule has 0 amide bonds. The SMILES string of the molecule is C=CCC1(C)OC=C(CO)O1. The molecule has 0 aromatic rings. The normalized spacial score (nSPS) is 28.7. The van der Waals surface area contributed by atoms with Crippen LogP contribution in [0.4, 0.5) is 0 Å². The second-order valence-corrected chi connectivity index (χ2v) is 2.59. The minimum absolute atomic E-state index is 0.118. The summed E-state index contributed by atoms with van der Waals surface area (Å²) in [7, 11) is 0. The summed E-state index contributed by atoms with van der Waals surface area (Å²) in [5, 5.41) is 8.67. The van der Waals surface area contributed by atoms with Gasteiger partial charge in [0.05, 0.1) is 0 Å². The van der Waals surface area contributed by atoms with Crippen molar-refractivity contribution in [1.82, 2.24) is 0 Å². The van der Waals surface area contributed by atoms with Crippen LogP contribution in [0.15, 0.2) is 24.7 Å². The maximum atomic E-state index is 8.67. The van der Waals surface area contributed by atoms with Crippen molar-refractivity contribution in [2.75, 3.05) is 6.61 Å². The van der Waals surface area contributed by atoms with Crippen molar-refractivity contribution in [1.29, 1.82) is 0 Å². The number of hydrogen-bond donors (Lipinski definition) is 1. The highest BCUT2D eigenvalue weighted by atomic mass is 16.7. The molecule has 0 bridgehead atoms. The van der Waals surface area contributed by atoms with E-state index in [1.807, 2.05) is 0 Å². The van der Waals surface area contributed by atoms with Crippen LogP contribution in [-0.2, 0) is 9.47 Å². The van der Waals surface area contributed by atoms with Crippen molar-refractivity contribution in [2.24, 2.45) is 0 Å². The Morgan fingerprint density at radius 2 is 2.55 bits per heavy atom. The molecule has 1 atom stereocenters. The fourth-order valence-electron chi connectivity index (χ4n) is 0.937. The van der Waals surface area contributed by atoms with E-state index >= 15 is 0 Å². The Kier molecular flexibility index (Phi) is 2.19. The standard InChI is InChI=1S/C8H12O3/c1-3-4-8(2)10-6-7(5-9)11-8/h3,6,9H,1,4-5H2,2H3. The van der Waals surface area contributed by atoms with Gasteiger partial charge in [-0.15, -0.1) is 6.58 Å². The molecule has 3 nitrogen and oxygen atoms in total. The molecule has 0 aromatic heterocycles. The minimum Gasteiger partial charge on any atom is -0.456 e. The van der Waals surface area contributed by atoms with E-state index in [2.05, 4.69) is 6.58 Å². The number of hydrogen-bond acceptors (Lipinski definition) is 3. The number of aliphatic hydroxyl groups excluding tert-OH is 1. The fraction of sp³-hybridized carbons (Fsp3) is 0.500. The van der Waals surface area contributed by atoms with Crippen LogP contribution in [0.5, 0.6) is 0 Å². The highest BCUT2D eigenvalue weighted by Crippen LogP contribution is 2.27. The Morgan fingerprint density at radius 1 is 1.82 bits per heavy atom. The van der Waals surface area contributed by atoms with Crippen LogP contribution < -0.4 is 0 Å². The highest BCUT2D eigenvalue weighted by Gasteiger charge is 2.31. The van der Waals surface area contributed by atoms with Gasteiger partial charge in [-0.3, -0.25) is 0 Å². The molecule has 0 aliphatic carbocycles. The van der Waals surface area contributed by atoms with Crippen LogP contribution in [0, 0.1) is 0 Å². The predicted octanol–water partition coefficient (Wildman–Crippen LogP) is 1.16. The van der Waals surface area contributed by atoms with Gasteiger partial charge >= 0.3 is 0 Å². The number of aliphatic hydroxyl groups is 1. The van der Waals surface area contributed by atoms with E-state index in [0.717, 1.165) is 0 Å². The van der Waals surface area contributed by atoms with Gasteiger partial charge < -0.3 is 14.6 Å². The van der Waals surface area contributed by atoms with Gasteiger partial charge in [-0.05, 0) is 0 Å². The Hall–Kier alpha value is -0.960. The maximum Gasteiger partial charge on any atom is 0.251 e. The summed E-state index contributed by atoms with van der Waals surface area (Å²) in [5.41, 5.74) is 0. The first-order valence-electron chi connectivity index (χ1n) is 3.48. The topological polar surface area (TPSA) is 38.7 Å². The summed E-state index contributed by atoms with van der Waals surface area (Å²) in [6.07, 6.45) is 3.75. The second-order valence-electron chi connectivity index (χ2n) is 2.59. The molecular formula is C8H12O3. The van der Waals surface area contributed by atoms with E-state index in [-0.39, 0.29) is 6.61 Å². The lowest BCUT2D eigenvalue weighted by Gasteiger charge is -2.21. The maximum absolute atomic E-state index is 8.67. The quantitative estimate of drug-likeness (QED) is 0.623. The Balaban J connectivity index is 2.49. The third-order valence-corrected chi connectivity index (χ3v) is 1.46. The van der Waals surface area contributed by atoms with E-state index in [0.29, 0.717) is 12.2 Å². The molecular weight excluding hydrogens is 144 g/mol. The molecule has 0 saturated heterocycles. The first-order chi connectivity index (χ1) is 5.20. The first kappa shape index (κ1) is 8.14. The van der Waals surface area contributed by atoms with Crippen LogP contribution >= 0.6 is 0 Å². The predicted molar refractivity (Wildman–Crippen MR) is 40.6 cm³/mol. The molecule has 3 heteroatoms. The molecule has 0 aromatic carbocycles. The molecule has 11 heavy (non-hydrogen) atoms. The van der Waals surface area contributed by atoms with Gasteiger partial charge in [-0.25, -0.2) is 0 Å². The van der Waals surface area contributed by atoms with Gasteiger partial charge in [0.25, 0.3) is 5.79 Å². The van der Waals surface area contributed by atoms with Crippen LogP contribution in [0.2, 0.25) is 0 Å². The smallest absolute Gasteiger partial charge is 0.251 e. The molecule has 0 spiro atoms. The van der Waals surface area contributed by atoms with E-state index in [1.54, 1.807) is 13.0 Å². The molecule has 1 aliphatic rings. The lowest BCUT2D eigenvalue weighted by atomic mass is 10.2. The van der Waals surface area contributed by atoms with Gasteiger partial charge in [0.1, 0.15) is 12.9 Å². The highest BCUT2D eigenvalue weighted by molar-refractivity contribution is 4.97. The zero-order valence-corrected chi connectivity index (χ0v) is 6.54. The van der Waals surface area contributed by atoms with Crippen molar-refractivity contribution in [3.63, 3.8) is 0 Å². The van der Waals surface area contributed by atoms with E-state index in [1.165, 1.54) is 6.26 Å². The van der Waals surface area contributed by atoms with E-state index in [9.17, 15) is 0 Å². The van der Waals surface area contributed by atoms with Crippen molar-refractivity contribution >= 4 is 0 Å². The van der Waals surface area contributed by atoms with Crippen LogP contribution in [0.3, 0.4) is 0 Å². The molecule has 1 rings (SSSR count). The number of ether oxygens (including phenoxy) is 2. The zero-order chi connectivity index (χ0) is 8.32. The molecule has 1 heterocycles. The van der Waals surface area contributed by atoms with Crippen molar-refractivity contribution in [3.05, 3.63) is 24.7 Å². The molecule has 0 fully saturated rings. The molecule has 1 N–H and O–H groups in total. The van der Waals surface area contributed by atoms with Crippen LogP contribution in [0.25, 0.3) is 0 Å². The van der Waals surface area contributed by atoms with E-state index in [4.69, 9.17) is 14.6 Å². The van der Waals surface area contributed by atoms with E-state index < -0.39 is 5.79 Å². The largest absolute Gasteiger partial charge is 0.456 e. The molecule has 1 unspecified atom stereocenters. The summed E-state index contributed by atoms with van der Waals surface area (Å²) in [5.74, 6) is -0.186. The molecule has 1 aliphatic heterocycles. The Labute approximate surface area is 65.9 Å². The number of rotatable bonds is 3. The summed E-state index contributed by atoms with van der Waals surface area (Å²) in [6.45, 7) is 5.26. The summed E-state index contributed by atoms with van der Waals surface area (Å²) in [4.78, 5) is 0. The molecule has 0 saturated carbocycles. The second kappa shape index (κ2) is 2.96. The lowest BCUT2D eigenvalue weighted by Crippen LogP contribution is -2.25. The fourth-order valence-corrected chi connectivity index (χ4v) is 0.937. The van der Waals surface area contributed by atoms with Crippen LogP contribution in [-0.4, -0.2) is 17.5 Å². The van der Waals surface area contributed by atoms with Gasteiger partial charge in [0.15, 0.2) is 5.76 Å². The van der Waals surface area contributed by atoms with Gasteiger partial charge in [0, 0.05) is 13.3 Å². The van der Waals surface area contributed by atoms with Crippen molar-refractivity contribution < 1.29 is 14.6 Å². The monoisotopic (exact) mass is 156 g/mol. The molecule has 62 valence electrons. The minimum atomic E-state index is -0.653. The third kappa shape index (κ3) is 1.74. The van der Waals surface area contributed by atoms with Crippen molar-refractivity contribution in [2.45, 2.75) is 19.1 Å². The van der Waals surface area contributed by atoms with Gasteiger partial charge in [-0.2, -0.15) is 0 Å². The Morgan fingerprint density at radius 3 is 3.00 bits per heavy atom.